The summed E-state index contributed by atoms with van der Waals surface area (Å²) in [7, 11) is 1.16. The van der Waals surface area contributed by atoms with Crippen LogP contribution in [0.15, 0.2) is 18.2 Å². The van der Waals surface area contributed by atoms with Crippen LogP contribution in [-0.2, 0) is 9.53 Å². The van der Waals surface area contributed by atoms with Crippen molar-refractivity contribution >= 4 is 23.3 Å². The van der Waals surface area contributed by atoms with Crippen LogP contribution in [0, 0.1) is 10.1 Å². The molecule has 1 N–H and O–H groups in total. The van der Waals surface area contributed by atoms with Crippen molar-refractivity contribution in [3.05, 3.63) is 33.9 Å². The van der Waals surface area contributed by atoms with Gasteiger partial charge in [-0.05, 0) is 12.1 Å². The topological polar surface area (TPSA) is 102 Å². The van der Waals surface area contributed by atoms with Crippen LogP contribution >= 0.6 is 0 Å². The highest BCUT2D eigenvalue weighted by Crippen LogP contribution is 2.26. The lowest BCUT2D eigenvalue weighted by atomic mass is 10.1. The maximum Gasteiger partial charge on any atom is 0.344 e. The molecule has 1 aromatic rings. The molecule has 0 aliphatic carbocycles. The second-order valence-electron chi connectivity index (χ2n) is 4.22. The van der Waals surface area contributed by atoms with E-state index in [4.69, 9.17) is 0 Å². The Balaban J connectivity index is 2.38. The number of nitrogens with one attached hydrogen (secondary N) is 1. The number of rotatable bonds is 3. The van der Waals surface area contributed by atoms with Crippen molar-refractivity contribution in [3.8, 4) is 0 Å². The molecular weight excluding hydrogens is 266 g/mol. The largest absolute Gasteiger partial charge is 0.465 e. The lowest BCUT2D eigenvalue weighted by Gasteiger charge is -2.28. The van der Waals surface area contributed by atoms with Crippen LogP contribution in [0.5, 0.6) is 0 Å². The molecule has 2 rings (SSSR count). The van der Waals surface area contributed by atoms with Gasteiger partial charge in [0.15, 0.2) is 0 Å². The lowest BCUT2D eigenvalue weighted by Crippen LogP contribution is -2.47. The Morgan fingerprint density at radius 2 is 2.25 bits per heavy atom. The number of methoxy groups -OCH3 is 1. The van der Waals surface area contributed by atoms with Crippen molar-refractivity contribution in [1.82, 2.24) is 5.32 Å². The minimum Gasteiger partial charge on any atom is -0.465 e. The van der Waals surface area contributed by atoms with Crippen molar-refractivity contribution in [3.63, 3.8) is 0 Å². The third kappa shape index (κ3) is 2.68. The van der Waals surface area contributed by atoms with Crippen molar-refractivity contribution in [2.75, 3.05) is 31.6 Å². The number of esters is 1. The van der Waals surface area contributed by atoms with Crippen molar-refractivity contribution in [1.29, 1.82) is 0 Å². The normalized spacial score (nSPS) is 14.7. The van der Waals surface area contributed by atoms with Gasteiger partial charge in [0.2, 0.25) is 5.91 Å². The predicted molar refractivity (Wildman–Crippen MR) is 69.7 cm³/mol. The molecule has 0 unspecified atom stereocenters. The highest BCUT2D eigenvalue weighted by Gasteiger charge is 2.24. The highest BCUT2D eigenvalue weighted by molar-refractivity contribution is 5.95. The minimum atomic E-state index is -0.778. The molecule has 1 aromatic carbocycles. The number of nitro groups is 1. The fraction of sp³-hybridized carbons (Fsp3) is 0.333. The van der Waals surface area contributed by atoms with E-state index < -0.39 is 10.9 Å². The molecule has 0 spiro atoms. The van der Waals surface area contributed by atoms with Gasteiger partial charge in [-0.1, -0.05) is 0 Å². The Morgan fingerprint density at radius 1 is 1.50 bits per heavy atom. The van der Waals surface area contributed by atoms with E-state index in [9.17, 15) is 19.7 Å². The number of piperazine rings is 1. The van der Waals surface area contributed by atoms with Gasteiger partial charge >= 0.3 is 5.97 Å². The van der Waals surface area contributed by atoms with E-state index in [0.29, 0.717) is 18.8 Å². The van der Waals surface area contributed by atoms with Crippen LogP contribution in [0.4, 0.5) is 11.4 Å². The Hall–Kier alpha value is -2.64. The molecule has 1 aliphatic rings. The Kier molecular flexibility index (Phi) is 3.83. The molecule has 0 bridgehead atoms. The number of amides is 1. The number of anilines is 1. The Bertz CT molecular complexity index is 572. The van der Waals surface area contributed by atoms with E-state index in [0.717, 1.165) is 7.11 Å². The maximum atomic E-state index is 11.6. The third-order valence-corrected chi connectivity index (χ3v) is 2.99. The van der Waals surface area contributed by atoms with Crippen LogP contribution in [0.25, 0.3) is 0 Å². The van der Waals surface area contributed by atoms with Crippen LogP contribution in [0.2, 0.25) is 0 Å². The van der Waals surface area contributed by atoms with E-state index in [2.05, 4.69) is 10.1 Å². The summed E-state index contributed by atoms with van der Waals surface area (Å²) in [6, 6.07) is 4.14. The molecule has 106 valence electrons. The van der Waals surface area contributed by atoms with Gasteiger partial charge in [0, 0.05) is 24.8 Å². The first-order valence-electron chi connectivity index (χ1n) is 5.91. The second-order valence-corrected chi connectivity index (χ2v) is 4.22. The number of nitrogens with zero attached hydrogens (tertiary/aromatic N) is 2. The molecule has 8 nitrogen and oxygen atoms in total. The molecule has 20 heavy (non-hydrogen) atoms. The molecule has 0 atom stereocenters. The van der Waals surface area contributed by atoms with Crippen LogP contribution in [0.1, 0.15) is 10.4 Å². The summed E-state index contributed by atoms with van der Waals surface area (Å²) >= 11 is 0. The molecule has 1 amide bonds. The first kappa shape index (κ1) is 13.8. The molecular formula is C12H13N3O5. The molecule has 1 heterocycles. The van der Waals surface area contributed by atoms with Crippen molar-refractivity contribution < 1.29 is 19.2 Å². The standard InChI is InChI=1S/C12H13N3O5/c1-20-12(17)9-6-8(2-3-10(9)15(18)19)14-5-4-13-11(16)7-14/h2-3,6H,4-5,7H2,1H3,(H,13,16). The van der Waals surface area contributed by atoms with Gasteiger partial charge in [0.25, 0.3) is 5.69 Å². The molecule has 0 radical (unpaired) electrons. The van der Waals surface area contributed by atoms with Crippen molar-refractivity contribution in [2.45, 2.75) is 0 Å². The van der Waals surface area contributed by atoms with E-state index in [-0.39, 0.29) is 23.7 Å². The monoisotopic (exact) mass is 279 g/mol. The molecule has 1 aliphatic heterocycles. The first-order chi connectivity index (χ1) is 9.52. The SMILES string of the molecule is COC(=O)c1cc(N2CCNC(=O)C2)ccc1[N+](=O)[O-]. The fourth-order valence-corrected chi connectivity index (χ4v) is 2.01. The number of carbonyl (C=O) groups is 2. The summed E-state index contributed by atoms with van der Waals surface area (Å²) in [5, 5.41) is 13.6. The van der Waals surface area contributed by atoms with Gasteiger partial charge < -0.3 is 15.0 Å². The predicted octanol–water partition coefficient (Wildman–Crippen LogP) is 0.318. The van der Waals surface area contributed by atoms with Gasteiger partial charge in [-0.2, -0.15) is 0 Å². The number of ether oxygens (including phenoxy) is 1. The number of hydrogen-bond acceptors (Lipinski definition) is 6. The summed E-state index contributed by atoms with van der Waals surface area (Å²) in [5.41, 5.74) is 0.133. The molecule has 1 saturated heterocycles. The van der Waals surface area contributed by atoms with Crippen LogP contribution in [-0.4, -0.2) is 43.5 Å². The Morgan fingerprint density at radius 3 is 2.85 bits per heavy atom. The third-order valence-electron chi connectivity index (χ3n) is 2.99. The first-order valence-corrected chi connectivity index (χ1v) is 5.91. The van der Waals surface area contributed by atoms with Gasteiger partial charge in [0.05, 0.1) is 18.6 Å². The van der Waals surface area contributed by atoms with E-state index in [1.807, 2.05) is 0 Å². The van der Waals surface area contributed by atoms with Gasteiger partial charge in [-0.25, -0.2) is 4.79 Å². The van der Waals surface area contributed by atoms with E-state index >= 15 is 0 Å². The van der Waals surface area contributed by atoms with Gasteiger partial charge in [-0.3, -0.25) is 14.9 Å². The number of nitro benzene ring substituents is 1. The Labute approximate surface area is 114 Å². The average molecular weight is 279 g/mol. The van der Waals surface area contributed by atoms with Crippen LogP contribution < -0.4 is 10.2 Å². The molecule has 0 aromatic heterocycles. The van der Waals surface area contributed by atoms with Crippen molar-refractivity contribution in [2.24, 2.45) is 0 Å². The molecule has 8 heteroatoms. The number of benzene rings is 1. The fourth-order valence-electron chi connectivity index (χ4n) is 2.01. The quantitative estimate of drug-likeness (QED) is 0.485. The zero-order valence-corrected chi connectivity index (χ0v) is 10.8. The summed E-state index contributed by atoms with van der Waals surface area (Å²) in [6.45, 7) is 1.21. The summed E-state index contributed by atoms with van der Waals surface area (Å²) in [5.74, 6) is -0.908. The molecule has 1 fully saturated rings. The summed E-state index contributed by atoms with van der Waals surface area (Å²) < 4.78 is 4.55. The lowest BCUT2D eigenvalue weighted by molar-refractivity contribution is -0.385. The smallest absolute Gasteiger partial charge is 0.344 e. The molecule has 0 saturated carbocycles. The second kappa shape index (κ2) is 5.55. The highest BCUT2D eigenvalue weighted by atomic mass is 16.6. The van der Waals surface area contributed by atoms with E-state index in [1.54, 1.807) is 4.90 Å². The van der Waals surface area contributed by atoms with Gasteiger partial charge in [-0.15, -0.1) is 0 Å². The van der Waals surface area contributed by atoms with Crippen LogP contribution in [0.3, 0.4) is 0 Å². The summed E-state index contributed by atoms with van der Waals surface area (Å²) in [4.78, 5) is 35.0. The van der Waals surface area contributed by atoms with E-state index in [1.165, 1.54) is 18.2 Å². The number of carbonyl (C=O) groups excluding carboxylic acids is 2. The average Bonchev–Trinajstić information content (AvgIpc) is 2.45. The van der Waals surface area contributed by atoms with Gasteiger partial charge in [0.1, 0.15) is 5.56 Å². The number of hydrogen-bond donors (Lipinski definition) is 1. The summed E-state index contributed by atoms with van der Waals surface area (Å²) in [6.07, 6.45) is 0. The zero-order chi connectivity index (χ0) is 14.7. The maximum absolute atomic E-state index is 11.6. The zero-order valence-electron chi connectivity index (χ0n) is 10.8. The minimum absolute atomic E-state index is 0.124.